The smallest absolute Gasteiger partial charge is 0.223 e. The van der Waals surface area contributed by atoms with Crippen LogP contribution in [0, 0.1) is 11.7 Å². The van der Waals surface area contributed by atoms with Crippen LogP contribution in [0.15, 0.2) is 54.6 Å². The van der Waals surface area contributed by atoms with E-state index < -0.39 is 0 Å². The van der Waals surface area contributed by atoms with Crippen LogP contribution in [0.5, 0.6) is 0 Å². The molecule has 160 valence electrons. The van der Waals surface area contributed by atoms with E-state index in [0.717, 1.165) is 31.4 Å². The minimum absolute atomic E-state index is 0.190. The van der Waals surface area contributed by atoms with Crippen LogP contribution < -0.4 is 5.32 Å². The zero-order valence-electron chi connectivity index (χ0n) is 17.6. The van der Waals surface area contributed by atoms with Gasteiger partial charge in [0.2, 0.25) is 5.91 Å². The number of carbonyl (C=O) groups excluding carboxylic acids is 1. The molecule has 2 aromatic carbocycles. The van der Waals surface area contributed by atoms with Crippen LogP contribution in [0.25, 0.3) is 0 Å². The van der Waals surface area contributed by atoms with Crippen molar-refractivity contribution in [3.8, 4) is 0 Å². The molecule has 1 N–H and O–H groups in total. The van der Waals surface area contributed by atoms with E-state index in [4.69, 9.17) is 4.74 Å². The highest BCUT2D eigenvalue weighted by atomic mass is 19.1. The Bertz CT molecular complexity index is 827. The fourth-order valence-corrected chi connectivity index (χ4v) is 5.36. The highest BCUT2D eigenvalue weighted by molar-refractivity contribution is 5.79. The highest BCUT2D eigenvalue weighted by Gasteiger charge is 2.47. The Morgan fingerprint density at radius 1 is 1.10 bits per heavy atom. The standard InChI is InChI=1S/C25H31FN2O2/c1-30-15-14-27-22-8-5-9-23-25(22)21(19-6-3-2-4-7-19)16-24(29)28(23)17-18-10-12-20(26)13-11-18/h2-4,6-7,10-13,21-23,25,27H,5,8-9,14-17H2,1H3/t21-,22+,23-,25+/m1/s1. The average Bonchev–Trinajstić information content (AvgIpc) is 2.77. The lowest BCUT2D eigenvalue weighted by Crippen LogP contribution is -2.59. The zero-order valence-corrected chi connectivity index (χ0v) is 17.6. The number of carbonyl (C=O) groups is 1. The lowest BCUT2D eigenvalue weighted by molar-refractivity contribution is -0.143. The molecule has 0 spiro atoms. The first-order valence-corrected chi connectivity index (χ1v) is 11.0. The fraction of sp³-hybridized carbons (Fsp3) is 0.480. The molecule has 4 nitrogen and oxygen atoms in total. The van der Waals surface area contributed by atoms with Gasteiger partial charge in [-0.15, -0.1) is 0 Å². The summed E-state index contributed by atoms with van der Waals surface area (Å²) in [5.74, 6) is 0.530. The van der Waals surface area contributed by atoms with Gasteiger partial charge in [0.25, 0.3) is 0 Å². The molecule has 0 bridgehead atoms. The van der Waals surface area contributed by atoms with E-state index in [1.54, 1.807) is 19.2 Å². The summed E-state index contributed by atoms with van der Waals surface area (Å²) >= 11 is 0. The van der Waals surface area contributed by atoms with E-state index >= 15 is 0 Å². The Balaban J connectivity index is 1.62. The summed E-state index contributed by atoms with van der Waals surface area (Å²) in [4.78, 5) is 15.3. The average molecular weight is 411 g/mol. The van der Waals surface area contributed by atoms with Crippen molar-refractivity contribution >= 4 is 5.91 Å². The molecule has 1 aliphatic heterocycles. The topological polar surface area (TPSA) is 41.6 Å². The predicted octanol–water partition coefficient (Wildman–Crippen LogP) is 4.12. The molecule has 2 aliphatic rings. The van der Waals surface area contributed by atoms with Crippen molar-refractivity contribution < 1.29 is 13.9 Å². The van der Waals surface area contributed by atoms with Gasteiger partial charge in [0, 0.05) is 44.6 Å². The van der Waals surface area contributed by atoms with Gasteiger partial charge in [-0.1, -0.05) is 42.5 Å². The summed E-state index contributed by atoms with van der Waals surface area (Å²) in [7, 11) is 1.72. The van der Waals surface area contributed by atoms with Gasteiger partial charge in [-0.05, 0) is 48.4 Å². The van der Waals surface area contributed by atoms with Crippen LogP contribution in [0.3, 0.4) is 0 Å². The number of ether oxygens (including phenoxy) is 1. The number of hydrogen-bond acceptors (Lipinski definition) is 3. The lowest BCUT2D eigenvalue weighted by Gasteiger charge is -2.51. The van der Waals surface area contributed by atoms with E-state index in [-0.39, 0.29) is 23.7 Å². The number of fused-ring (bicyclic) bond motifs is 1. The van der Waals surface area contributed by atoms with Crippen LogP contribution >= 0.6 is 0 Å². The van der Waals surface area contributed by atoms with E-state index in [9.17, 15) is 9.18 Å². The van der Waals surface area contributed by atoms with Gasteiger partial charge < -0.3 is 15.0 Å². The van der Waals surface area contributed by atoms with Crippen molar-refractivity contribution in [3.63, 3.8) is 0 Å². The maximum Gasteiger partial charge on any atom is 0.223 e. The van der Waals surface area contributed by atoms with Crippen molar-refractivity contribution in [1.82, 2.24) is 10.2 Å². The van der Waals surface area contributed by atoms with E-state index in [0.29, 0.717) is 31.5 Å². The first-order valence-electron chi connectivity index (χ1n) is 11.0. The number of piperidine rings is 1. The summed E-state index contributed by atoms with van der Waals surface area (Å²) in [5.41, 5.74) is 2.24. The minimum Gasteiger partial charge on any atom is -0.383 e. The third-order valence-corrected chi connectivity index (χ3v) is 6.71. The highest BCUT2D eigenvalue weighted by Crippen LogP contribution is 2.45. The summed E-state index contributed by atoms with van der Waals surface area (Å²) in [6.07, 6.45) is 3.76. The first-order chi connectivity index (χ1) is 14.7. The monoisotopic (exact) mass is 410 g/mol. The Morgan fingerprint density at radius 3 is 2.60 bits per heavy atom. The number of hydrogen-bond donors (Lipinski definition) is 1. The Kier molecular flexibility index (Phi) is 6.80. The normalized spacial score (nSPS) is 26.5. The van der Waals surface area contributed by atoms with Gasteiger partial charge in [-0.2, -0.15) is 0 Å². The summed E-state index contributed by atoms with van der Waals surface area (Å²) in [6.45, 7) is 2.05. The second kappa shape index (κ2) is 9.71. The van der Waals surface area contributed by atoms with Gasteiger partial charge in [0.15, 0.2) is 0 Å². The van der Waals surface area contributed by atoms with Crippen molar-refractivity contribution in [2.45, 2.75) is 50.2 Å². The Morgan fingerprint density at radius 2 is 1.87 bits per heavy atom. The van der Waals surface area contributed by atoms with Gasteiger partial charge >= 0.3 is 0 Å². The number of methoxy groups -OCH3 is 1. The molecule has 0 aromatic heterocycles. The number of likely N-dealkylation sites (tertiary alicyclic amines) is 1. The molecular formula is C25H31FN2O2. The molecule has 1 saturated carbocycles. The molecule has 1 aliphatic carbocycles. The number of nitrogens with zero attached hydrogens (tertiary/aromatic N) is 1. The second-order valence-electron chi connectivity index (χ2n) is 8.50. The van der Waals surface area contributed by atoms with Crippen molar-refractivity contribution in [2.75, 3.05) is 20.3 Å². The molecule has 0 radical (unpaired) electrons. The third kappa shape index (κ3) is 4.57. The molecule has 1 amide bonds. The molecule has 30 heavy (non-hydrogen) atoms. The van der Waals surface area contributed by atoms with Crippen LogP contribution in [-0.4, -0.2) is 43.2 Å². The predicted molar refractivity (Wildman–Crippen MR) is 116 cm³/mol. The fourth-order valence-electron chi connectivity index (χ4n) is 5.36. The molecule has 2 fully saturated rings. The Hall–Kier alpha value is -2.24. The molecule has 4 atom stereocenters. The van der Waals surface area contributed by atoms with E-state index in [1.807, 2.05) is 6.07 Å². The molecule has 1 heterocycles. The van der Waals surface area contributed by atoms with Crippen LogP contribution in [0.1, 0.15) is 42.7 Å². The van der Waals surface area contributed by atoms with Gasteiger partial charge in [-0.25, -0.2) is 4.39 Å². The summed E-state index contributed by atoms with van der Waals surface area (Å²) < 4.78 is 18.6. The van der Waals surface area contributed by atoms with Crippen LogP contribution in [0.2, 0.25) is 0 Å². The number of rotatable bonds is 7. The minimum atomic E-state index is -0.245. The van der Waals surface area contributed by atoms with Gasteiger partial charge in [0.1, 0.15) is 5.82 Å². The SMILES string of the molecule is COCCN[C@H]1CCC[C@@H]2[C@H]1[C@@H](c1ccccc1)CC(=O)N2Cc1ccc(F)cc1. The van der Waals surface area contributed by atoms with Crippen molar-refractivity contribution in [3.05, 3.63) is 71.5 Å². The summed E-state index contributed by atoms with van der Waals surface area (Å²) in [5, 5.41) is 3.72. The number of halogens is 1. The quantitative estimate of drug-likeness (QED) is 0.699. The first kappa shape index (κ1) is 21.0. The summed E-state index contributed by atoms with van der Waals surface area (Å²) in [6, 6.07) is 17.6. The number of amides is 1. The lowest BCUT2D eigenvalue weighted by atomic mass is 9.66. The van der Waals surface area contributed by atoms with Gasteiger partial charge in [0.05, 0.1) is 6.61 Å². The van der Waals surface area contributed by atoms with E-state index in [1.165, 1.54) is 17.7 Å². The molecule has 4 rings (SSSR count). The third-order valence-electron chi connectivity index (χ3n) is 6.71. The largest absolute Gasteiger partial charge is 0.383 e. The van der Waals surface area contributed by atoms with Crippen LogP contribution in [0.4, 0.5) is 4.39 Å². The van der Waals surface area contributed by atoms with Crippen molar-refractivity contribution in [2.24, 2.45) is 5.92 Å². The molecule has 1 saturated heterocycles. The molecule has 2 aromatic rings. The maximum atomic E-state index is 13.3. The number of nitrogens with one attached hydrogen (secondary N) is 1. The number of benzene rings is 2. The maximum absolute atomic E-state index is 13.3. The zero-order chi connectivity index (χ0) is 20.9. The van der Waals surface area contributed by atoms with Gasteiger partial charge in [-0.3, -0.25) is 4.79 Å². The molecule has 0 unspecified atom stereocenters. The Labute approximate surface area is 178 Å². The molecule has 5 heteroatoms. The second-order valence-corrected chi connectivity index (χ2v) is 8.50. The van der Waals surface area contributed by atoms with Crippen LogP contribution in [-0.2, 0) is 16.1 Å². The van der Waals surface area contributed by atoms with E-state index in [2.05, 4.69) is 34.5 Å². The van der Waals surface area contributed by atoms with Crippen molar-refractivity contribution in [1.29, 1.82) is 0 Å². The molecular weight excluding hydrogens is 379 g/mol.